The van der Waals surface area contributed by atoms with E-state index in [1.165, 1.54) is 12.5 Å². The van der Waals surface area contributed by atoms with Crippen molar-refractivity contribution >= 4 is 5.97 Å². The summed E-state index contributed by atoms with van der Waals surface area (Å²) < 4.78 is 23.0. The number of hydrogen-bond donors (Lipinski definition) is 0. The minimum absolute atomic E-state index is 0.141. The van der Waals surface area contributed by atoms with E-state index in [1.807, 2.05) is 42.5 Å². The second-order valence-corrected chi connectivity index (χ2v) is 8.47. The third-order valence-corrected chi connectivity index (χ3v) is 6.21. The third-order valence-electron chi connectivity index (χ3n) is 6.21. The lowest BCUT2D eigenvalue weighted by molar-refractivity contribution is -0.131. The summed E-state index contributed by atoms with van der Waals surface area (Å²) in [5.74, 6) is 2.28. The van der Waals surface area contributed by atoms with Crippen LogP contribution in [0.25, 0.3) is 0 Å². The molecule has 34 heavy (non-hydrogen) atoms. The van der Waals surface area contributed by atoms with Crippen molar-refractivity contribution < 1.29 is 23.7 Å². The standard InChI is InChI=1S/C28H31NO5/c1-19(30)34-22-12-10-20(11-13-22)16-25-24-17-26(31-3)28(32-4)27(23(24)14-15-29(25)2)33-18-21-8-6-5-7-9-21/h5-13,17,25H,14-16,18H2,1-4H3/t25-/m1/s1. The van der Waals surface area contributed by atoms with Crippen LogP contribution in [-0.2, 0) is 24.2 Å². The molecule has 6 heteroatoms. The van der Waals surface area contributed by atoms with Crippen LogP contribution >= 0.6 is 0 Å². The van der Waals surface area contributed by atoms with E-state index in [0.717, 1.165) is 41.8 Å². The molecule has 0 spiro atoms. The van der Waals surface area contributed by atoms with Crippen LogP contribution in [0.3, 0.4) is 0 Å². The molecule has 0 aromatic heterocycles. The van der Waals surface area contributed by atoms with Crippen LogP contribution in [0.1, 0.15) is 35.2 Å². The Labute approximate surface area is 201 Å². The van der Waals surface area contributed by atoms with Crippen molar-refractivity contribution in [3.63, 3.8) is 0 Å². The molecule has 0 radical (unpaired) electrons. The van der Waals surface area contributed by atoms with Gasteiger partial charge in [0.05, 0.1) is 14.2 Å². The third kappa shape index (κ3) is 5.18. The molecule has 1 atom stereocenters. The molecule has 0 N–H and O–H groups in total. The van der Waals surface area contributed by atoms with Crippen LogP contribution in [0, 0.1) is 0 Å². The molecule has 0 aliphatic carbocycles. The maximum Gasteiger partial charge on any atom is 0.308 e. The van der Waals surface area contributed by atoms with Crippen molar-refractivity contribution in [1.82, 2.24) is 4.90 Å². The molecule has 0 saturated heterocycles. The zero-order valence-electron chi connectivity index (χ0n) is 20.2. The normalized spacial score (nSPS) is 15.4. The molecule has 0 fully saturated rings. The van der Waals surface area contributed by atoms with Gasteiger partial charge in [0.1, 0.15) is 12.4 Å². The largest absolute Gasteiger partial charge is 0.493 e. The first-order valence-corrected chi connectivity index (χ1v) is 11.4. The molecule has 4 rings (SSSR count). The summed E-state index contributed by atoms with van der Waals surface area (Å²) in [7, 11) is 5.44. The van der Waals surface area contributed by atoms with Gasteiger partial charge in [-0.2, -0.15) is 0 Å². The SMILES string of the molecule is COc1cc2c(c(OCc3ccccc3)c1OC)CCN(C)[C@@H]2Cc1ccc(OC(C)=O)cc1. The summed E-state index contributed by atoms with van der Waals surface area (Å²) in [5, 5.41) is 0. The quantitative estimate of drug-likeness (QED) is 0.348. The van der Waals surface area contributed by atoms with E-state index in [4.69, 9.17) is 18.9 Å². The lowest BCUT2D eigenvalue weighted by atomic mass is 9.87. The van der Waals surface area contributed by atoms with Crippen molar-refractivity contribution in [2.75, 3.05) is 27.8 Å². The number of carbonyl (C=O) groups is 1. The fraction of sp³-hybridized carbons (Fsp3) is 0.321. The van der Waals surface area contributed by atoms with Gasteiger partial charge in [-0.05, 0) is 54.8 Å². The molecular weight excluding hydrogens is 430 g/mol. The number of benzene rings is 3. The van der Waals surface area contributed by atoms with Crippen LogP contribution in [0.5, 0.6) is 23.0 Å². The molecule has 0 unspecified atom stereocenters. The minimum atomic E-state index is -0.322. The van der Waals surface area contributed by atoms with Crippen molar-refractivity contribution in [2.24, 2.45) is 0 Å². The Bertz CT molecular complexity index is 1130. The topological polar surface area (TPSA) is 57.2 Å². The zero-order valence-corrected chi connectivity index (χ0v) is 20.2. The molecule has 178 valence electrons. The number of nitrogens with zero attached hydrogens (tertiary/aromatic N) is 1. The summed E-state index contributed by atoms with van der Waals surface area (Å²) >= 11 is 0. The first-order valence-electron chi connectivity index (χ1n) is 11.4. The second kappa shape index (κ2) is 10.6. The number of esters is 1. The van der Waals surface area contributed by atoms with E-state index >= 15 is 0 Å². The summed E-state index contributed by atoms with van der Waals surface area (Å²) in [6.45, 7) is 2.76. The van der Waals surface area contributed by atoms with Crippen LogP contribution in [-0.4, -0.2) is 38.7 Å². The Kier molecular flexibility index (Phi) is 7.38. The zero-order chi connectivity index (χ0) is 24.1. The molecule has 1 aliphatic heterocycles. The van der Waals surface area contributed by atoms with Gasteiger partial charge < -0.3 is 18.9 Å². The molecule has 0 bridgehead atoms. The molecular formula is C28H31NO5. The molecule has 1 heterocycles. The Morgan fingerprint density at radius 1 is 0.971 bits per heavy atom. The summed E-state index contributed by atoms with van der Waals surface area (Å²) in [4.78, 5) is 13.6. The van der Waals surface area contributed by atoms with Gasteiger partial charge in [0.15, 0.2) is 11.5 Å². The molecule has 6 nitrogen and oxygen atoms in total. The minimum Gasteiger partial charge on any atom is -0.493 e. The highest BCUT2D eigenvalue weighted by Crippen LogP contribution is 2.47. The highest BCUT2D eigenvalue weighted by Gasteiger charge is 2.31. The summed E-state index contributed by atoms with van der Waals surface area (Å²) in [5.41, 5.74) is 4.59. The lowest BCUT2D eigenvalue weighted by Gasteiger charge is -2.36. The van der Waals surface area contributed by atoms with E-state index in [0.29, 0.717) is 23.9 Å². The van der Waals surface area contributed by atoms with Crippen LogP contribution in [0.15, 0.2) is 60.7 Å². The monoisotopic (exact) mass is 461 g/mol. The Hall–Kier alpha value is -3.51. The first kappa shape index (κ1) is 23.6. The van der Waals surface area contributed by atoms with Crippen molar-refractivity contribution in [3.8, 4) is 23.0 Å². The van der Waals surface area contributed by atoms with Gasteiger partial charge in [-0.3, -0.25) is 9.69 Å². The first-order chi connectivity index (χ1) is 16.5. The number of ether oxygens (including phenoxy) is 4. The van der Waals surface area contributed by atoms with Gasteiger partial charge in [0.25, 0.3) is 0 Å². The van der Waals surface area contributed by atoms with E-state index in [-0.39, 0.29) is 12.0 Å². The van der Waals surface area contributed by atoms with E-state index < -0.39 is 0 Å². The predicted molar refractivity (Wildman–Crippen MR) is 131 cm³/mol. The number of fused-ring (bicyclic) bond motifs is 1. The summed E-state index contributed by atoms with van der Waals surface area (Å²) in [6, 6.07) is 20.0. The Morgan fingerprint density at radius 3 is 2.35 bits per heavy atom. The van der Waals surface area contributed by atoms with Crippen molar-refractivity contribution in [2.45, 2.75) is 32.4 Å². The maximum absolute atomic E-state index is 11.2. The van der Waals surface area contributed by atoms with E-state index in [9.17, 15) is 4.79 Å². The average Bonchev–Trinajstić information content (AvgIpc) is 2.85. The van der Waals surface area contributed by atoms with E-state index in [2.05, 4.69) is 30.1 Å². The van der Waals surface area contributed by atoms with Gasteiger partial charge in [-0.1, -0.05) is 42.5 Å². The molecule has 3 aromatic rings. The van der Waals surface area contributed by atoms with Crippen molar-refractivity contribution in [1.29, 1.82) is 0 Å². The van der Waals surface area contributed by atoms with Crippen LogP contribution < -0.4 is 18.9 Å². The van der Waals surface area contributed by atoms with Gasteiger partial charge in [0.2, 0.25) is 5.75 Å². The van der Waals surface area contributed by atoms with Gasteiger partial charge in [0, 0.05) is 25.1 Å². The van der Waals surface area contributed by atoms with Crippen LogP contribution in [0.2, 0.25) is 0 Å². The molecule has 3 aromatic carbocycles. The lowest BCUT2D eigenvalue weighted by Crippen LogP contribution is -2.34. The van der Waals surface area contributed by atoms with Gasteiger partial charge in [-0.15, -0.1) is 0 Å². The highest BCUT2D eigenvalue weighted by molar-refractivity contribution is 5.69. The van der Waals surface area contributed by atoms with E-state index in [1.54, 1.807) is 14.2 Å². The Balaban J connectivity index is 1.67. The number of hydrogen-bond acceptors (Lipinski definition) is 6. The number of likely N-dealkylation sites (N-methyl/N-ethyl adjacent to an activating group) is 1. The summed E-state index contributed by atoms with van der Waals surface area (Å²) in [6.07, 6.45) is 1.66. The molecule has 1 aliphatic rings. The number of carbonyl (C=O) groups excluding carboxylic acids is 1. The Morgan fingerprint density at radius 2 is 1.71 bits per heavy atom. The van der Waals surface area contributed by atoms with Crippen LogP contribution in [0.4, 0.5) is 0 Å². The maximum atomic E-state index is 11.2. The molecule has 0 amide bonds. The fourth-order valence-corrected chi connectivity index (χ4v) is 4.49. The van der Waals surface area contributed by atoms with Crippen molar-refractivity contribution in [3.05, 3.63) is 82.9 Å². The highest BCUT2D eigenvalue weighted by atomic mass is 16.5. The number of methoxy groups -OCH3 is 2. The molecule has 0 saturated carbocycles. The smallest absolute Gasteiger partial charge is 0.308 e. The number of rotatable bonds is 8. The predicted octanol–water partition coefficient (Wildman–Crippen LogP) is 4.98. The average molecular weight is 462 g/mol. The van der Waals surface area contributed by atoms with Gasteiger partial charge in [-0.25, -0.2) is 0 Å². The second-order valence-electron chi connectivity index (χ2n) is 8.47. The van der Waals surface area contributed by atoms with Gasteiger partial charge >= 0.3 is 5.97 Å². The fourth-order valence-electron chi connectivity index (χ4n) is 4.49.